The molecule has 0 bridgehead atoms. The molecule has 1 aromatic carbocycles. The van der Waals surface area contributed by atoms with E-state index in [4.69, 9.17) is 0 Å². The number of β-amino-alcohol motifs (C(OH)–C–C–N with tert-alkyl or cyclic N) is 1. The SMILES string of the molecule is Cc1cccc(NC(=O)Nc2cc3n(c2)NCN(CC2(O)CCN(C(=O)C4CC4)CC2)C3=O)c1. The van der Waals surface area contributed by atoms with E-state index in [1.54, 1.807) is 27.9 Å². The maximum atomic E-state index is 13.1. The number of carbonyl (C=O) groups is 3. The molecule has 3 aliphatic rings. The number of urea groups is 1. The highest BCUT2D eigenvalue weighted by atomic mass is 16.3. The smallest absolute Gasteiger partial charge is 0.323 e. The van der Waals surface area contributed by atoms with E-state index in [9.17, 15) is 19.5 Å². The van der Waals surface area contributed by atoms with Crippen LogP contribution in [0.15, 0.2) is 36.5 Å². The third-order valence-electron chi connectivity index (χ3n) is 6.71. The number of rotatable bonds is 5. The lowest BCUT2D eigenvalue weighted by molar-refractivity contribution is -0.137. The topological polar surface area (TPSA) is 119 Å². The molecule has 0 unspecified atom stereocenters. The number of nitrogens with zero attached hydrogens (tertiary/aromatic N) is 3. The van der Waals surface area contributed by atoms with Crippen LogP contribution in [0.1, 0.15) is 41.7 Å². The largest absolute Gasteiger partial charge is 0.388 e. The van der Waals surface area contributed by atoms with Crippen molar-refractivity contribution >= 4 is 29.2 Å². The lowest BCUT2D eigenvalue weighted by atomic mass is 9.90. The molecule has 4 amide bonds. The summed E-state index contributed by atoms with van der Waals surface area (Å²) in [5.74, 6) is 0.145. The summed E-state index contributed by atoms with van der Waals surface area (Å²) in [4.78, 5) is 41.2. The van der Waals surface area contributed by atoms with Crippen molar-refractivity contribution in [3.05, 3.63) is 47.8 Å². The Morgan fingerprint density at radius 1 is 1.15 bits per heavy atom. The van der Waals surface area contributed by atoms with Gasteiger partial charge in [0.25, 0.3) is 5.91 Å². The van der Waals surface area contributed by atoms with Crippen molar-refractivity contribution in [2.75, 3.05) is 42.4 Å². The first-order chi connectivity index (χ1) is 16.3. The van der Waals surface area contributed by atoms with Crippen molar-refractivity contribution in [3.63, 3.8) is 0 Å². The normalized spacial score (nSPS) is 19.3. The number of amides is 4. The summed E-state index contributed by atoms with van der Waals surface area (Å²) in [5.41, 5.74) is 4.67. The van der Waals surface area contributed by atoms with E-state index in [1.807, 2.05) is 30.0 Å². The van der Waals surface area contributed by atoms with E-state index in [2.05, 4.69) is 16.1 Å². The predicted molar refractivity (Wildman–Crippen MR) is 127 cm³/mol. The second kappa shape index (κ2) is 8.68. The first kappa shape index (κ1) is 22.3. The van der Waals surface area contributed by atoms with Gasteiger partial charge in [-0.3, -0.25) is 14.3 Å². The number of fused-ring (bicyclic) bond motifs is 1. The van der Waals surface area contributed by atoms with Crippen molar-refractivity contribution in [1.29, 1.82) is 0 Å². The molecule has 3 heterocycles. The molecule has 0 atom stereocenters. The molecule has 0 spiro atoms. The van der Waals surface area contributed by atoms with E-state index >= 15 is 0 Å². The van der Waals surface area contributed by atoms with E-state index < -0.39 is 11.6 Å². The van der Waals surface area contributed by atoms with Gasteiger partial charge in [0.1, 0.15) is 12.4 Å². The number of piperidine rings is 1. The fourth-order valence-corrected chi connectivity index (χ4v) is 4.61. The van der Waals surface area contributed by atoms with Crippen LogP contribution >= 0.6 is 0 Å². The second-order valence-corrected chi connectivity index (χ2v) is 9.58. The first-order valence-electron chi connectivity index (χ1n) is 11.7. The molecule has 4 N–H and O–H groups in total. The molecule has 180 valence electrons. The van der Waals surface area contributed by atoms with Gasteiger partial charge in [0, 0.05) is 24.7 Å². The third kappa shape index (κ3) is 4.72. The zero-order valence-electron chi connectivity index (χ0n) is 19.2. The summed E-state index contributed by atoms with van der Waals surface area (Å²) >= 11 is 0. The van der Waals surface area contributed by atoms with Crippen molar-refractivity contribution in [1.82, 2.24) is 14.5 Å². The maximum Gasteiger partial charge on any atom is 0.323 e. The molecule has 34 heavy (non-hydrogen) atoms. The van der Waals surface area contributed by atoms with Gasteiger partial charge in [0.15, 0.2) is 0 Å². The molecule has 1 aliphatic carbocycles. The molecule has 1 aromatic heterocycles. The van der Waals surface area contributed by atoms with Gasteiger partial charge in [0.05, 0.1) is 24.0 Å². The number of nitrogens with one attached hydrogen (secondary N) is 3. The van der Waals surface area contributed by atoms with Gasteiger partial charge in [0.2, 0.25) is 5.91 Å². The second-order valence-electron chi connectivity index (χ2n) is 9.58. The number of aliphatic hydroxyl groups is 1. The Bertz CT molecular complexity index is 1120. The van der Waals surface area contributed by atoms with Crippen LogP contribution in [0, 0.1) is 12.8 Å². The monoisotopic (exact) mass is 466 g/mol. The van der Waals surface area contributed by atoms with Crippen LogP contribution in [0.4, 0.5) is 16.2 Å². The molecular weight excluding hydrogens is 436 g/mol. The van der Waals surface area contributed by atoms with E-state index in [0.29, 0.717) is 43.0 Å². The lowest BCUT2D eigenvalue weighted by Gasteiger charge is -2.42. The van der Waals surface area contributed by atoms with Gasteiger partial charge in [-0.25, -0.2) is 4.79 Å². The molecule has 10 heteroatoms. The summed E-state index contributed by atoms with van der Waals surface area (Å²) < 4.78 is 1.59. The van der Waals surface area contributed by atoms with Crippen LogP contribution in [0.3, 0.4) is 0 Å². The third-order valence-corrected chi connectivity index (χ3v) is 6.71. The minimum absolute atomic E-state index is 0.175. The number of likely N-dealkylation sites (tertiary alicyclic amines) is 1. The van der Waals surface area contributed by atoms with Gasteiger partial charge in [-0.1, -0.05) is 12.1 Å². The minimum Gasteiger partial charge on any atom is -0.388 e. The molecule has 2 aliphatic heterocycles. The van der Waals surface area contributed by atoms with Gasteiger partial charge in [-0.05, 0) is 56.4 Å². The number of carbonyl (C=O) groups excluding carboxylic acids is 3. The Kier molecular flexibility index (Phi) is 5.68. The lowest BCUT2D eigenvalue weighted by Crippen LogP contribution is -2.56. The maximum absolute atomic E-state index is 13.1. The van der Waals surface area contributed by atoms with Crippen molar-refractivity contribution in [2.45, 2.75) is 38.2 Å². The van der Waals surface area contributed by atoms with Crippen LogP contribution in [0.5, 0.6) is 0 Å². The van der Waals surface area contributed by atoms with Gasteiger partial charge < -0.3 is 31.0 Å². The molecular formula is C24H30N6O4. The Hall–Kier alpha value is -3.53. The molecule has 2 aromatic rings. The number of aromatic nitrogens is 1. The van der Waals surface area contributed by atoms with Crippen LogP contribution in [0.2, 0.25) is 0 Å². The molecule has 0 radical (unpaired) electrons. The Morgan fingerprint density at radius 3 is 2.59 bits per heavy atom. The Morgan fingerprint density at radius 2 is 1.88 bits per heavy atom. The summed E-state index contributed by atoms with van der Waals surface area (Å²) in [7, 11) is 0. The average Bonchev–Trinajstić information content (AvgIpc) is 3.56. The fraction of sp³-hybridized carbons (Fsp3) is 0.458. The molecule has 2 fully saturated rings. The van der Waals surface area contributed by atoms with E-state index in [1.165, 1.54) is 0 Å². The summed E-state index contributed by atoms with van der Waals surface area (Å²) in [6.45, 7) is 3.40. The predicted octanol–water partition coefficient (Wildman–Crippen LogP) is 2.16. The van der Waals surface area contributed by atoms with Gasteiger partial charge in [-0.15, -0.1) is 0 Å². The average molecular weight is 467 g/mol. The highest BCUT2D eigenvalue weighted by Crippen LogP contribution is 2.33. The number of hydrogen-bond acceptors (Lipinski definition) is 5. The van der Waals surface area contributed by atoms with E-state index in [0.717, 1.165) is 18.4 Å². The standard InChI is InChI=1S/C24H30N6O4/c1-16-3-2-4-18(11-16)26-23(33)27-19-12-20-22(32)29(15-25-30(20)13-19)14-24(34)7-9-28(10-8-24)21(31)17-5-6-17/h2-4,11-13,17,25,34H,5-10,14-15H2,1H3,(H2,26,27,33). The summed E-state index contributed by atoms with van der Waals surface area (Å²) in [5, 5.41) is 16.6. The molecule has 10 nitrogen and oxygen atoms in total. The van der Waals surface area contributed by atoms with Crippen LogP contribution in [-0.2, 0) is 4.79 Å². The van der Waals surface area contributed by atoms with Crippen molar-refractivity contribution in [2.24, 2.45) is 5.92 Å². The van der Waals surface area contributed by atoms with Gasteiger partial charge >= 0.3 is 6.03 Å². The molecule has 1 saturated carbocycles. The van der Waals surface area contributed by atoms with Gasteiger partial charge in [-0.2, -0.15) is 0 Å². The molecule has 1 saturated heterocycles. The van der Waals surface area contributed by atoms with Crippen molar-refractivity contribution in [3.8, 4) is 0 Å². The highest BCUT2D eigenvalue weighted by molar-refractivity contribution is 6.01. The minimum atomic E-state index is -1.03. The number of anilines is 2. The zero-order valence-corrected chi connectivity index (χ0v) is 19.2. The highest BCUT2D eigenvalue weighted by Gasteiger charge is 2.41. The number of aryl methyl sites for hydroxylation is 1. The number of hydrogen-bond donors (Lipinski definition) is 4. The molecule has 5 rings (SSSR count). The van der Waals surface area contributed by atoms with Crippen LogP contribution in [0.25, 0.3) is 0 Å². The van der Waals surface area contributed by atoms with Crippen LogP contribution < -0.4 is 16.1 Å². The van der Waals surface area contributed by atoms with Crippen LogP contribution in [-0.4, -0.2) is 69.3 Å². The summed E-state index contributed by atoms with van der Waals surface area (Å²) in [6, 6.07) is 8.68. The first-order valence-corrected chi connectivity index (χ1v) is 11.7. The van der Waals surface area contributed by atoms with E-state index in [-0.39, 0.29) is 30.9 Å². The zero-order chi connectivity index (χ0) is 23.9. The van der Waals surface area contributed by atoms with Crippen molar-refractivity contribution < 1.29 is 19.5 Å². The fourth-order valence-electron chi connectivity index (χ4n) is 4.61. The Balaban J connectivity index is 1.18. The Labute approximate surface area is 197 Å². The number of benzene rings is 1. The summed E-state index contributed by atoms with van der Waals surface area (Å²) in [6.07, 6.45) is 4.48. The quantitative estimate of drug-likeness (QED) is 0.539.